The van der Waals surface area contributed by atoms with Crippen LogP contribution in [0.5, 0.6) is 5.75 Å². The quantitative estimate of drug-likeness (QED) is 0.669. The van der Waals surface area contributed by atoms with Crippen LogP contribution in [0.3, 0.4) is 0 Å². The summed E-state index contributed by atoms with van der Waals surface area (Å²) in [5.41, 5.74) is 6.25. The highest BCUT2D eigenvalue weighted by atomic mass is 16.6. The van der Waals surface area contributed by atoms with Crippen LogP contribution in [0.15, 0.2) is 34.7 Å². The summed E-state index contributed by atoms with van der Waals surface area (Å²) in [6, 6.07) is 8.33. The maximum Gasteiger partial charge on any atom is 0.311 e. The molecule has 2 rings (SSSR count). The summed E-state index contributed by atoms with van der Waals surface area (Å²) in [6.45, 7) is 1.89. The van der Waals surface area contributed by atoms with Crippen molar-refractivity contribution in [2.75, 3.05) is 7.11 Å². The molecule has 2 aromatic rings. The van der Waals surface area contributed by atoms with Crippen LogP contribution in [-0.2, 0) is 6.42 Å². The average Bonchev–Trinajstić information content (AvgIpc) is 2.85. The molecule has 1 aromatic carbocycles. The first-order valence-corrected chi connectivity index (χ1v) is 6.18. The average molecular weight is 276 g/mol. The molecular weight excluding hydrogens is 260 g/mol. The lowest BCUT2D eigenvalue weighted by molar-refractivity contribution is -0.385. The molecule has 0 spiro atoms. The number of hydrogen-bond acceptors (Lipinski definition) is 5. The molecule has 0 amide bonds. The standard InChI is InChI=1S/C14H16N2O4/c1-9(15)7-11-4-6-13(20-11)10-3-5-14(19-2)12(8-10)16(17)18/h3-6,8-9H,7,15H2,1-2H3. The molecule has 0 radical (unpaired) electrons. The molecule has 0 fully saturated rings. The Morgan fingerprint density at radius 3 is 2.75 bits per heavy atom. The Kier molecular flexibility index (Phi) is 4.05. The predicted molar refractivity (Wildman–Crippen MR) is 74.7 cm³/mol. The van der Waals surface area contributed by atoms with Crippen LogP contribution in [0.4, 0.5) is 5.69 Å². The van der Waals surface area contributed by atoms with Gasteiger partial charge >= 0.3 is 5.69 Å². The van der Waals surface area contributed by atoms with Crippen LogP contribution in [0.25, 0.3) is 11.3 Å². The molecule has 6 nitrogen and oxygen atoms in total. The molecular formula is C14H16N2O4. The number of benzene rings is 1. The number of methoxy groups -OCH3 is 1. The highest BCUT2D eigenvalue weighted by Crippen LogP contribution is 2.32. The van der Waals surface area contributed by atoms with Gasteiger partial charge in [0.05, 0.1) is 12.0 Å². The first-order chi connectivity index (χ1) is 9.51. The predicted octanol–water partition coefficient (Wildman–Crippen LogP) is 2.75. The van der Waals surface area contributed by atoms with Gasteiger partial charge in [0.25, 0.3) is 0 Å². The summed E-state index contributed by atoms with van der Waals surface area (Å²) in [5.74, 6) is 1.56. The first kappa shape index (κ1) is 14.1. The lowest BCUT2D eigenvalue weighted by Gasteiger charge is -2.04. The summed E-state index contributed by atoms with van der Waals surface area (Å²) in [7, 11) is 1.40. The Morgan fingerprint density at radius 2 is 2.15 bits per heavy atom. The SMILES string of the molecule is COc1ccc(-c2ccc(CC(C)N)o2)cc1[N+](=O)[O-]. The molecule has 0 aliphatic carbocycles. The first-order valence-electron chi connectivity index (χ1n) is 6.18. The van der Waals surface area contributed by atoms with Gasteiger partial charge in [-0.1, -0.05) is 0 Å². The highest BCUT2D eigenvalue weighted by Gasteiger charge is 2.17. The minimum Gasteiger partial charge on any atom is -0.490 e. The molecule has 106 valence electrons. The second-order valence-electron chi connectivity index (χ2n) is 4.59. The van der Waals surface area contributed by atoms with Crippen molar-refractivity contribution >= 4 is 5.69 Å². The number of rotatable bonds is 5. The van der Waals surface area contributed by atoms with Gasteiger partial charge in [-0.05, 0) is 31.2 Å². The topological polar surface area (TPSA) is 91.5 Å². The number of hydrogen-bond donors (Lipinski definition) is 1. The Morgan fingerprint density at radius 1 is 1.40 bits per heavy atom. The molecule has 1 heterocycles. The summed E-state index contributed by atoms with van der Waals surface area (Å²) >= 11 is 0. The zero-order chi connectivity index (χ0) is 14.7. The highest BCUT2D eigenvalue weighted by molar-refractivity contribution is 5.65. The van der Waals surface area contributed by atoms with Gasteiger partial charge in [-0.3, -0.25) is 10.1 Å². The second-order valence-corrected chi connectivity index (χ2v) is 4.59. The third-order valence-corrected chi connectivity index (χ3v) is 2.84. The van der Waals surface area contributed by atoms with E-state index in [2.05, 4.69) is 0 Å². The number of nitrogens with zero attached hydrogens (tertiary/aromatic N) is 1. The fraction of sp³-hybridized carbons (Fsp3) is 0.286. The van der Waals surface area contributed by atoms with E-state index in [-0.39, 0.29) is 17.5 Å². The molecule has 0 bridgehead atoms. The van der Waals surface area contributed by atoms with Gasteiger partial charge in [-0.25, -0.2) is 0 Å². The largest absolute Gasteiger partial charge is 0.490 e. The normalized spacial score (nSPS) is 12.2. The summed E-state index contributed by atoms with van der Waals surface area (Å²) in [6.07, 6.45) is 0.623. The maximum absolute atomic E-state index is 11.0. The van der Waals surface area contributed by atoms with Crippen molar-refractivity contribution in [3.63, 3.8) is 0 Å². The van der Waals surface area contributed by atoms with Gasteiger partial charge in [-0.15, -0.1) is 0 Å². The van der Waals surface area contributed by atoms with Crippen LogP contribution >= 0.6 is 0 Å². The van der Waals surface area contributed by atoms with Gasteiger partial charge in [0.1, 0.15) is 11.5 Å². The Hall–Kier alpha value is -2.34. The van der Waals surface area contributed by atoms with Crippen LogP contribution in [0.1, 0.15) is 12.7 Å². The zero-order valence-corrected chi connectivity index (χ0v) is 11.3. The molecule has 1 unspecified atom stereocenters. The molecule has 20 heavy (non-hydrogen) atoms. The molecule has 0 saturated heterocycles. The van der Waals surface area contributed by atoms with Crippen molar-refractivity contribution in [2.24, 2.45) is 5.73 Å². The van der Waals surface area contributed by atoms with Crippen molar-refractivity contribution in [1.82, 2.24) is 0 Å². The minimum absolute atomic E-state index is 0.000738. The molecule has 1 atom stereocenters. The van der Waals surface area contributed by atoms with Crippen molar-refractivity contribution in [3.05, 3.63) is 46.2 Å². The number of nitro groups is 1. The fourth-order valence-corrected chi connectivity index (χ4v) is 1.95. The number of nitrogens with two attached hydrogens (primary N) is 1. The van der Waals surface area contributed by atoms with E-state index in [1.165, 1.54) is 13.2 Å². The van der Waals surface area contributed by atoms with Crippen molar-refractivity contribution in [1.29, 1.82) is 0 Å². The van der Waals surface area contributed by atoms with Crippen LogP contribution in [-0.4, -0.2) is 18.1 Å². The van der Waals surface area contributed by atoms with E-state index in [0.29, 0.717) is 17.7 Å². The van der Waals surface area contributed by atoms with Crippen molar-refractivity contribution < 1.29 is 14.1 Å². The van der Waals surface area contributed by atoms with Gasteiger partial charge in [0.2, 0.25) is 0 Å². The lowest BCUT2D eigenvalue weighted by atomic mass is 10.1. The molecule has 0 aliphatic heterocycles. The number of nitro benzene ring substituents is 1. The Labute approximate surface area is 116 Å². The summed E-state index contributed by atoms with van der Waals surface area (Å²) < 4.78 is 10.6. The van der Waals surface area contributed by atoms with E-state index in [1.54, 1.807) is 18.2 Å². The van der Waals surface area contributed by atoms with Gasteiger partial charge in [0, 0.05) is 24.1 Å². The van der Waals surface area contributed by atoms with Crippen LogP contribution < -0.4 is 10.5 Å². The van der Waals surface area contributed by atoms with E-state index in [0.717, 1.165) is 5.76 Å². The molecule has 6 heteroatoms. The maximum atomic E-state index is 11.0. The second kappa shape index (κ2) is 5.75. The van der Waals surface area contributed by atoms with E-state index in [9.17, 15) is 10.1 Å². The van der Waals surface area contributed by atoms with E-state index in [1.807, 2.05) is 13.0 Å². The molecule has 2 N–H and O–H groups in total. The third kappa shape index (κ3) is 2.97. The molecule has 0 saturated carbocycles. The Bertz CT molecular complexity index is 619. The lowest BCUT2D eigenvalue weighted by Crippen LogP contribution is -2.17. The fourth-order valence-electron chi connectivity index (χ4n) is 1.95. The number of furan rings is 1. The zero-order valence-electron chi connectivity index (χ0n) is 11.3. The van der Waals surface area contributed by atoms with Gasteiger partial charge in [-0.2, -0.15) is 0 Å². The number of ether oxygens (including phenoxy) is 1. The van der Waals surface area contributed by atoms with Gasteiger partial charge < -0.3 is 14.9 Å². The van der Waals surface area contributed by atoms with Crippen LogP contribution in [0.2, 0.25) is 0 Å². The smallest absolute Gasteiger partial charge is 0.311 e. The van der Waals surface area contributed by atoms with Crippen LogP contribution in [0, 0.1) is 10.1 Å². The summed E-state index contributed by atoms with van der Waals surface area (Å²) in [4.78, 5) is 10.5. The van der Waals surface area contributed by atoms with Crippen molar-refractivity contribution in [3.8, 4) is 17.1 Å². The molecule has 0 aliphatic rings. The van der Waals surface area contributed by atoms with Crippen molar-refractivity contribution in [2.45, 2.75) is 19.4 Å². The van der Waals surface area contributed by atoms with E-state index in [4.69, 9.17) is 14.9 Å². The summed E-state index contributed by atoms with van der Waals surface area (Å²) in [5, 5.41) is 11.0. The van der Waals surface area contributed by atoms with E-state index >= 15 is 0 Å². The third-order valence-electron chi connectivity index (χ3n) is 2.84. The Balaban J connectivity index is 2.35. The van der Waals surface area contributed by atoms with E-state index < -0.39 is 4.92 Å². The van der Waals surface area contributed by atoms with Gasteiger partial charge in [0.15, 0.2) is 5.75 Å². The monoisotopic (exact) mass is 276 g/mol. The minimum atomic E-state index is -0.478. The molecule has 1 aromatic heterocycles.